The number of amides is 1. The van der Waals surface area contributed by atoms with E-state index in [0.717, 1.165) is 17.9 Å². The number of aryl methyl sites for hydroxylation is 1. The Bertz CT molecular complexity index is 893. The van der Waals surface area contributed by atoms with E-state index in [1.807, 2.05) is 37.3 Å². The third-order valence-electron chi connectivity index (χ3n) is 3.98. The van der Waals surface area contributed by atoms with Crippen molar-refractivity contribution < 1.29 is 9.53 Å². The summed E-state index contributed by atoms with van der Waals surface area (Å²) in [6.07, 6.45) is 0.916. The molecule has 1 heterocycles. The maximum absolute atomic E-state index is 12.3. The zero-order valence-corrected chi connectivity index (χ0v) is 15.4. The third-order valence-corrected chi connectivity index (χ3v) is 3.98. The molecule has 0 spiro atoms. The lowest BCUT2D eigenvalue weighted by Crippen LogP contribution is -2.14. The van der Waals surface area contributed by atoms with E-state index >= 15 is 0 Å². The van der Waals surface area contributed by atoms with Crippen LogP contribution in [0.2, 0.25) is 0 Å². The second-order valence-corrected chi connectivity index (χ2v) is 5.85. The lowest BCUT2D eigenvalue weighted by molar-refractivity contribution is 0.102. The van der Waals surface area contributed by atoms with Gasteiger partial charge < -0.3 is 15.4 Å². The van der Waals surface area contributed by atoms with Crippen LogP contribution in [0.5, 0.6) is 5.75 Å². The fourth-order valence-corrected chi connectivity index (χ4v) is 2.60. The van der Waals surface area contributed by atoms with E-state index < -0.39 is 0 Å². The van der Waals surface area contributed by atoms with Gasteiger partial charge >= 0.3 is 0 Å². The molecule has 3 aromatic rings. The molecule has 0 atom stereocenters. The van der Waals surface area contributed by atoms with Crippen molar-refractivity contribution in [2.45, 2.75) is 20.3 Å². The first-order chi connectivity index (χ1) is 13.2. The Kier molecular flexibility index (Phi) is 5.99. The second-order valence-electron chi connectivity index (χ2n) is 5.85. The number of benzene rings is 2. The molecule has 0 aliphatic carbocycles. The van der Waals surface area contributed by atoms with Crippen LogP contribution < -0.4 is 15.4 Å². The van der Waals surface area contributed by atoms with Crippen molar-refractivity contribution in [2.24, 2.45) is 0 Å². The van der Waals surface area contributed by atoms with Gasteiger partial charge in [-0.05, 0) is 61.4 Å². The maximum Gasteiger partial charge on any atom is 0.276 e. The van der Waals surface area contributed by atoms with Gasteiger partial charge in [0.2, 0.25) is 0 Å². The summed E-state index contributed by atoms with van der Waals surface area (Å²) in [7, 11) is 0. The quantitative estimate of drug-likeness (QED) is 0.650. The summed E-state index contributed by atoms with van der Waals surface area (Å²) in [5, 5.41) is 14.2. The molecule has 1 aromatic heterocycles. The van der Waals surface area contributed by atoms with Gasteiger partial charge in [-0.15, -0.1) is 10.2 Å². The van der Waals surface area contributed by atoms with E-state index in [2.05, 4.69) is 33.8 Å². The molecule has 0 fully saturated rings. The summed E-state index contributed by atoms with van der Waals surface area (Å²) in [6, 6.07) is 18.6. The Labute approximate surface area is 158 Å². The number of hydrogen-bond acceptors (Lipinski definition) is 5. The lowest BCUT2D eigenvalue weighted by atomic mass is 10.1. The second kappa shape index (κ2) is 8.80. The van der Waals surface area contributed by atoms with Gasteiger partial charge in [-0.1, -0.05) is 25.1 Å². The van der Waals surface area contributed by atoms with E-state index in [1.165, 1.54) is 5.56 Å². The molecule has 27 heavy (non-hydrogen) atoms. The summed E-state index contributed by atoms with van der Waals surface area (Å²) < 4.78 is 5.39. The van der Waals surface area contributed by atoms with Gasteiger partial charge in [0, 0.05) is 11.4 Å². The molecule has 0 saturated heterocycles. The molecular weight excluding hydrogens is 340 g/mol. The molecule has 0 saturated carbocycles. The molecular formula is C21H22N4O2. The predicted octanol–water partition coefficient (Wildman–Crippen LogP) is 4.43. The highest BCUT2D eigenvalue weighted by Crippen LogP contribution is 2.20. The van der Waals surface area contributed by atoms with E-state index in [0.29, 0.717) is 18.1 Å². The lowest BCUT2D eigenvalue weighted by Gasteiger charge is -2.10. The summed E-state index contributed by atoms with van der Waals surface area (Å²) in [4.78, 5) is 12.3. The molecule has 0 aliphatic heterocycles. The van der Waals surface area contributed by atoms with Crippen molar-refractivity contribution >= 4 is 23.1 Å². The summed E-state index contributed by atoms with van der Waals surface area (Å²) in [6.45, 7) is 4.62. The van der Waals surface area contributed by atoms with E-state index in [4.69, 9.17) is 4.74 Å². The summed E-state index contributed by atoms with van der Waals surface area (Å²) >= 11 is 0. The first-order valence-corrected chi connectivity index (χ1v) is 8.92. The Morgan fingerprint density at radius 3 is 2.41 bits per heavy atom. The minimum atomic E-state index is -0.313. The Hall–Kier alpha value is -3.41. The van der Waals surface area contributed by atoms with Crippen molar-refractivity contribution in [1.29, 1.82) is 0 Å². The van der Waals surface area contributed by atoms with Crippen LogP contribution in [0.25, 0.3) is 0 Å². The van der Waals surface area contributed by atoms with Crippen molar-refractivity contribution in [2.75, 3.05) is 17.2 Å². The minimum absolute atomic E-state index is 0.248. The molecule has 1 amide bonds. The number of para-hydroxylation sites is 1. The van der Waals surface area contributed by atoms with E-state index in [1.54, 1.807) is 24.3 Å². The fraction of sp³-hybridized carbons (Fsp3) is 0.190. The Morgan fingerprint density at radius 1 is 0.963 bits per heavy atom. The first-order valence-electron chi connectivity index (χ1n) is 8.92. The first kappa shape index (κ1) is 18.4. The molecule has 0 radical (unpaired) electrons. The molecule has 6 nitrogen and oxygen atoms in total. The largest absolute Gasteiger partial charge is 0.494 e. The molecule has 0 bridgehead atoms. The molecule has 3 rings (SSSR count). The van der Waals surface area contributed by atoms with Crippen LogP contribution in [-0.4, -0.2) is 22.7 Å². The van der Waals surface area contributed by atoms with Gasteiger partial charge in [-0.3, -0.25) is 4.79 Å². The van der Waals surface area contributed by atoms with Gasteiger partial charge in [-0.25, -0.2) is 0 Å². The molecule has 6 heteroatoms. The van der Waals surface area contributed by atoms with Crippen LogP contribution in [0.3, 0.4) is 0 Å². The molecule has 2 N–H and O–H groups in total. The van der Waals surface area contributed by atoms with Gasteiger partial charge in [0.25, 0.3) is 5.91 Å². The number of ether oxygens (including phenoxy) is 1. The third kappa shape index (κ3) is 4.82. The highest BCUT2D eigenvalue weighted by Gasteiger charge is 2.09. The molecule has 138 valence electrons. The normalized spacial score (nSPS) is 10.3. The zero-order chi connectivity index (χ0) is 19.1. The molecule has 0 aliphatic rings. The molecule has 2 aromatic carbocycles. The number of carbonyl (C=O) groups excluding carboxylic acids is 1. The number of hydrogen-bond donors (Lipinski definition) is 2. The minimum Gasteiger partial charge on any atom is -0.494 e. The van der Waals surface area contributed by atoms with E-state index in [9.17, 15) is 4.79 Å². The topological polar surface area (TPSA) is 76.1 Å². The van der Waals surface area contributed by atoms with Crippen LogP contribution in [0, 0.1) is 0 Å². The van der Waals surface area contributed by atoms with Gasteiger partial charge in [0.1, 0.15) is 5.75 Å². The number of aromatic nitrogens is 2. The summed E-state index contributed by atoms with van der Waals surface area (Å²) in [5.41, 5.74) is 3.10. The number of nitrogens with one attached hydrogen (secondary N) is 2. The van der Waals surface area contributed by atoms with Gasteiger partial charge in [0.15, 0.2) is 11.5 Å². The highest BCUT2D eigenvalue weighted by atomic mass is 16.5. The van der Waals surface area contributed by atoms with Crippen LogP contribution in [0.15, 0.2) is 60.7 Å². The Morgan fingerprint density at radius 2 is 1.74 bits per heavy atom. The monoisotopic (exact) mass is 362 g/mol. The van der Waals surface area contributed by atoms with Crippen molar-refractivity contribution in [1.82, 2.24) is 10.2 Å². The van der Waals surface area contributed by atoms with Crippen LogP contribution in [-0.2, 0) is 6.42 Å². The average Bonchev–Trinajstić information content (AvgIpc) is 2.70. The van der Waals surface area contributed by atoms with E-state index in [-0.39, 0.29) is 11.6 Å². The number of rotatable bonds is 7. The predicted molar refractivity (Wildman–Crippen MR) is 107 cm³/mol. The fourth-order valence-electron chi connectivity index (χ4n) is 2.60. The number of anilines is 3. The van der Waals surface area contributed by atoms with Gasteiger partial charge in [-0.2, -0.15) is 0 Å². The highest BCUT2D eigenvalue weighted by molar-refractivity contribution is 6.02. The average molecular weight is 362 g/mol. The van der Waals surface area contributed by atoms with Crippen molar-refractivity contribution in [3.8, 4) is 5.75 Å². The smallest absolute Gasteiger partial charge is 0.276 e. The number of nitrogens with zero attached hydrogens (tertiary/aromatic N) is 2. The number of carbonyl (C=O) groups is 1. The van der Waals surface area contributed by atoms with Crippen molar-refractivity contribution in [3.05, 3.63) is 71.9 Å². The van der Waals surface area contributed by atoms with Crippen LogP contribution >= 0.6 is 0 Å². The van der Waals surface area contributed by atoms with Crippen LogP contribution in [0.4, 0.5) is 17.2 Å². The summed E-state index contributed by atoms with van der Waals surface area (Å²) in [5.74, 6) is 1.04. The standard InChI is InChI=1S/C21H22N4O2/c1-3-15-7-5-6-8-18(15)23-20-14-13-19(24-25-20)21(26)22-16-9-11-17(12-10-16)27-4-2/h5-14H,3-4H2,1-2H3,(H,22,26)(H,23,25). The zero-order valence-electron chi connectivity index (χ0n) is 15.4. The van der Waals surface area contributed by atoms with Crippen LogP contribution in [0.1, 0.15) is 29.9 Å². The van der Waals surface area contributed by atoms with Crippen molar-refractivity contribution in [3.63, 3.8) is 0 Å². The maximum atomic E-state index is 12.3. The Balaban J connectivity index is 1.65. The molecule has 0 unspecified atom stereocenters. The SMILES string of the molecule is CCOc1ccc(NC(=O)c2ccc(Nc3ccccc3CC)nn2)cc1. The van der Waals surface area contributed by atoms with Gasteiger partial charge in [0.05, 0.1) is 6.61 Å².